The molecule has 0 aromatic rings. The Bertz CT molecular complexity index is 205. The van der Waals surface area contributed by atoms with Crippen LogP contribution < -0.4 is 11.3 Å². The van der Waals surface area contributed by atoms with E-state index in [0.717, 1.165) is 17.8 Å². The summed E-state index contributed by atoms with van der Waals surface area (Å²) in [6.07, 6.45) is 12.2. The Morgan fingerprint density at radius 2 is 2.00 bits per heavy atom. The van der Waals surface area contributed by atoms with Gasteiger partial charge in [-0.25, -0.2) is 0 Å². The van der Waals surface area contributed by atoms with Crippen LogP contribution in [0.15, 0.2) is 0 Å². The first-order chi connectivity index (χ1) is 8.76. The summed E-state index contributed by atoms with van der Waals surface area (Å²) in [7, 11) is 0. The molecule has 18 heavy (non-hydrogen) atoms. The van der Waals surface area contributed by atoms with Gasteiger partial charge in [-0.3, -0.25) is 11.3 Å². The molecule has 1 saturated carbocycles. The Morgan fingerprint density at radius 1 is 1.22 bits per heavy atom. The van der Waals surface area contributed by atoms with Crippen molar-refractivity contribution in [1.82, 2.24) is 5.43 Å². The molecule has 2 nitrogen and oxygen atoms in total. The second-order valence-corrected chi connectivity index (χ2v) is 6.20. The van der Waals surface area contributed by atoms with Gasteiger partial charge >= 0.3 is 0 Å². The third-order valence-electron chi connectivity index (χ3n) is 5.06. The van der Waals surface area contributed by atoms with Crippen LogP contribution in [0.4, 0.5) is 0 Å². The molecule has 0 aliphatic heterocycles. The molecule has 0 radical (unpaired) electrons. The molecule has 108 valence electrons. The smallest absolute Gasteiger partial charge is 0.0266 e. The Labute approximate surface area is 114 Å². The molecule has 1 aliphatic rings. The van der Waals surface area contributed by atoms with Crippen LogP contribution in [0.25, 0.3) is 0 Å². The number of rotatable bonds is 8. The van der Waals surface area contributed by atoms with Gasteiger partial charge in [0.25, 0.3) is 0 Å². The van der Waals surface area contributed by atoms with Gasteiger partial charge in [-0.1, -0.05) is 59.3 Å². The molecule has 0 saturated heterocycles. The maximum Gasteiger partial charge on any atom is 0.0266 e. The average molecular weight is 254 g/mol. The van der Waals surface area contributed by atoms with E-state index < -0.39 is 0 Å². The quantitative estimate of drug-likeness (QED) is 0.502. The van der Waals surface area contributed by atoms with Crippen molar-refractivity contribution >= 4 is 0 Å². The van der Waals surface area contributed by atoms with Crippen molar-refractivity contribution in [1.29, 1.82) is 0 Å². The maximum atomic E-state index is 5.89. The van der Waals surface area contributed by atoms with E-state index in [1.54, 1.807) is 0 Å². The zero-order valence-corrected chi connectivity index (χ0v) is 12.8. The lowest BCUT2D eigenvalue weighted by Crippen LogP contribution is -2.47. The normalized spacial score (nSPS) is 28.0. The van der Waals surface area contributed by atoms with E-state index in [2.05, 4.69) is 26.2 Å². The minimum Gasteiger partial charge on any atom is -0.271 e. The van der Waals surface area contributed by atoms with Crippen molar-refractivity contribution in [3.63, 3.8) is 0 Å². The fraction of sp³-hybridized carbons (Fsp3) is 1.00. The number of nitrogens with two attached hydrogens (primary N) is 1. The lowest BCUT2D eigenvalue weighted by Gasteiger charge is -2.38. The number of hydrogen-bond acceptors (Lipinski definition) is 2. The third-order valence-corrected chi connectivity index (χ3v) is 5.06. The molecule has 3 N–H and O–H groups in total. The molecule has 1 rings (SSSR count). The van der Waals surface area contributed by atoms with Crippen LogP contribution in [0.5, 0.6) is 0 Å². The predicted molar refractivity (Wildman–Crippen MR) is 80.2 cm³/mol. The number of hydrogen-bond donors (Lipinski definition) is 2. The summed E-state index contributed by atoms with van der Waals surface area (Å²) in [5, 5.41) is 0. The van der Waals surface area contributed by atoms with Gasteiger partial charge in [0, 0.05) is 6.04 Å². The Hall–Kier alpha value is -0.0800. The molecule has 0 heterocycles. The van der Waals surface area contributed by atoms with Crippen molar-refractivity contribution < 1.29 is 0 Å². The largest absolute Gasteiger partial charge is 0.271 e. The first-order valence-corrected chi connectivity index (χ1v) is 8.22. The zero-order valence-electron chi connectivity index (χ0n) is 12.8. The second-order valence-electron chi connectivity index (χ2n) is 6.20. The van der Waals surface area contributed by atoms with E-state index in [9.17, 15) is 0 Å². The summed E-state index contributed by atoms with van der Waals surface area (Å²) in [5.41, 5.74) is 3.18. The van der Waals surface area contributed by atoms with Gasteiger partial charge in [-0.15, -0.1) is 0 Å². The lowest BCUT2D eigenvalue weighted by atomic mass is 9.72. The van der Waals surface area contributed by atoms with E-state index in [0.29, 0.717) is 6.04 Å². The first kappa shape index (κ1) is 16.0. The third kappa shape index (κ3) is 4.55. The molecule has 0 amide bonds. The highest BCUT2D eigenvalue weighted by atomic mass is 15.2. The van der Waals surface area contributed by atoms with E-state index in [4.69, 9.17) is 5.84 Å². The summed E-state index contributed by atoms with van der Waals surface area (Å²) < 4.78 is 0. The second kappa shape index (κ2) is 8.92. The average Bonchev–Trinajstić information content (AvgIpc) is 2.43. The van der Waals surface area contributed by atoms with Gasteiger partial charge < -0.3 is 0 Å². The Balaban J connectivity index is 2.56. The topological polar surface area (TPSA) is 38.0 Å². The molecule has 1 fully saturated rings. The van der Waals surface area contributed by atoms with Crippen LogP contribution in [0.3, 0.4) is 0 Å². The van der Waals surface area contributed by atoms with Crippen LogP contribution in [0.2, 0.25) is 0 Å². The summed E-state index contributed by atoms with van der Waals surface area (Å²) >= 11 is 0. The van der Waals surface area contributed by atoms with Crippen LogP contribution in [0, 0.1) is 17.8 Å². The fourth-order valence-electron chi connectivity index (χ4n) is 3.79. The first-order valence-electron chi connectivity index (χ1n) is 8.22. The van der Waals surface area contributed by atoms with Crippen LogP contribution in [-0.4, -0.2) is 6.04 Å². The standard InChI is InChI=1S/C16H34N2/c1-4-7-10-14(6-3)16(18-17)15-11-8-9-13(5-2)12-15/h13-16,18H,4-12,17H2,1-3H3. The van der Waals surface area contributed by atoms with Gasteiger partial charge in [0.15, 0.2) is 0 Å². The fourth-order valence-corrected chi connectivity index (χ4v) is 3.79. The Morgan fingerprint density at radius 3 is 2.56 bits per heavy atom. The highest BCUT2D eigenvalue weighted by Gasteiger charge is 2.31. The lowest BCUT2D eigenvalue weighted by molar-refractivity contribution is 0.158. The predicted octanol–water partition coefficient (Wildman–Crippen LogP) is 4.25. The molecule has 0 aromatic heterocycles. The summed E-state index contributed by atoms with van der Waals surface area (Å²) in [6, 6.07) is 0.552. The summed E-state index contributed by atoms with van der Waals surface area (Å²) in [4.78, 5) is 0. The van der Waals surface area contributed by atoms with Crippen molar-refractivity contribution in [3.8, 4) is 0 Å². The van der Waals surface area contributed by atoms with Gasteiger partial charge in [0.2, 0.25) is 0 Å². The van der Waals surface area contributed by atoms with Crippen molar-refractivity contribution in [2.45, 2.75) is 84.6 Å². The van der Waals surface area contributed by atoms with Gasteiger partial charge in [0.1, 0.15) is 0 Å². The number of hydrazine groups is 1. The summed E-state index contributed by atoms with van der Waals surface area (Å²) in [6.45, 7) is 6.95. The van der Waals surface area contributed by atoms with Crippen molar-refractivity contribution in [3.05, 3.63) is 0 Å². The van der Waals surface area contributed by atoms with Gasteiger partial charge in [-0.2, -0.15) is 0 Å². The number of nitrogens with one attached hydrogen (secondary N) is 1. The van der Waals surface area contributed by atoms with Crippen LogP contribution in [-0.2, 0) is 0 Å². The van der Waals surface area contributed by atoms with E-state index in [-0.39, 0.29) is 0 Å². The van der Waals surface area contributed by atoms with E-state index in [1.807, 2.05) is 0 Å². The van der Waals surface area contributed by atoms with E-state index in [1.165, 1.54) is 57.8 Å². The SMILES string of the molecule is CCCCC(CC)C(NN)C1CCCC(CC)C1. The minimum atomic E-state index is 0.552. The van der Waals surface area contributed by atoms with Gasteiger partial charge in [-0.05, 0) is 37.0 Å². The summed E-state index contributed by atoms with van der Waals surface area (Å²) in [5.74, 6) is 8.43. The zero-order chi connectivity index (χ0) is 13.4. The maximum absolute atomic E-state index is 5.89. The molecule has 1 aliphatic carbocycles. The van der Waals surface area contributed by atoms with Crippen LogP contribution >= 0.6 is 0 Å². The highest BCUT2D eigenvalue weighted by Crippen LogP contribution is 2.36. The number of unbranched alkanes of at least 4 members (excludes halogenated alkanes) is 1. The molecular weight excluding hydrogens is 220 g/mol. The molecular formula is C16H34N2. The monoisotopic (exact) mass is 254 g/mol. The molecule has 4 unspecified atom stereocenters. The Kier molecular flexibility index (Phi) is 7.92. The molecule has 0 spiro atoms. The molecule has 0 aromatic carbocycles. The van der Waals surface area contributed by atoms with Crippen LogP contribution in [0.1, 0.15) is 78.6 Å². The van der Waals surface area contributed by atoms with Crippen molar-refractivity contribution in [2.24, 2.45) is 23.6 Å². The highest BCUT2D eigenvalue weighted by molar-refractivity contribution is 4.85. The molecule has 0 bridgehead atoms. The van der Waals surface area contributed by atoms with E-state index >= 15 is 0 Å². The van der Waals surface area contributed by atoms with Crippen molar-refractivity contribution in [2.75, 3.05) is 0 Å². The molecule has 4 atom stereocenters. The van der Waals surface area contributed by atoms with Gasteiger partial charge in [0.05, 0.1) is 0 Å². The minimum absolute atomic E-state index is 0.552. The molecule has 2 heteroatoms.